The lowest BCUT2D eigenvalue weighted by molar-refractivity contribution is 0.0734. The molecule has 2 saturated heterocycles. The topological polar surface area (TPSA) is 91.8 Å². The van der Waals surface area contributed by atoms with Gasteiger partial charge in [-0.2, -0.15) is 0 Å². The highest BCUT2D eigenvalue weighted by Crippen LogP contribution is 2.22. The lowest BCUT2D eigenvalue weighted by Gasteiger charge is -2.35. The van der Waals surface area contributed by atoms with Gasteiger partial charge in [0.1, 0.15) is 12.4 Å². The Bertz CT molecular complexity index is 924. The maximum atomic E-state index is 12.8. The van der Waals surface area contributed by atoms with Gasteiger partial charge in [-0.05, 0) is 31.9 Å². The molecule has 4 rings (SSSR count). The predicted octanol–water partition coefficient (Wildman–Crippen LogP) is 1.80. The Labute approximate surface area is 169 Å². The van der Waals surface area contributed by atoms with E-state index in [1.54, 1.807) is 4.90 Å². The zero-order valence-corrected chi connectivity index (χ0v) is 16.8. The van der Waals surface area contributed by atoms with E-state index in [-0.39, 0.29) is 17.8 Å². The third-order valence-electron chi connectivity index (χ3n) is 5.25. The Hall–Kier alpha value is -3.23. The van der Waals surface area contributed by atoms with E-state index in [1.807, 2.05) is 20.0 Å². The molecule has 2 fully saturated rings. The van der Waals surface area contributed by atoms with Crippen molar-refractivity contribution in [3.8, 4) is 0 Å². The van der Waals surface area contributed by atoms with Crippen LogP contribution >= 0.6 is 0 Å². The summed E-state index contributed by atoms with van der Waals surface area (Å²) in [6, 6.07) is 2.03. The third kappa shape index (κ3) is 3.72. The van der Waals surface area contributed by atoms with Gasteiger partial charge < -0.3 is 14.5 Å². The van der Waals surface area contributed by atoms with Crippen molar-refractivity contribution in [2.45, 2.75) is 26.8 Å². The van der Waals surface area contributed by atoms with Crippen molar-refractivity contribution >= 4 is 23.5 Å². The fourth-order valence-corrected chi connectivity index (χ4v) is 3.73. The number of nitrogens with zero attached hydrogens (tertiary/aromatic N) is 6. The molecule has 9 heteroatoms. The molecule has 0 spiro atoms. The fraction of sp³-hybridized carbons (Fsp3) is 0.450. The van der Waals surface area contributed by atoms with E-state index in [0.717, 1.165) is 16.9 Å². The zero-order chi connectivity index (χ0) is 20.5. The number of hydrogen-bond donors (Lipinski definition) is 0. The molecule has 0 radical (unpaired) electrons. The maximum Gasteiger partial charge on any atom is 0.414 e. The molecule has 2 amide bonds. The molecule has 29 heavy (non-hydrogen) atoms. The van der Waals surface area contributed by atoms with Crippen LogP contribution in [-0.4, -0.2) is 70.7 Å². The monoisotopic (exact) mass is 396 g/mol. The molecule has 2 aromatic rings. The van der Waals surface area contributed by atoms with Crippen LogP contribution in [0.3, 0.4) is 0 Å². The molecular weight excluding hydrogens is 372 g/mol. The lowest BCUT2D eigenvalue weighted by atomic mass is 10.2. The molecule has 2 aliphatic heterocycles. The van der Waals surface area contributed by atoms with E-state index in [9.17, 15) is 9.59 Å². The second-order valence-corrected chi connectivity index (χ2v) is 7.49. The third-order valence-corrected chi connectivity index (χ3v) is 5.25. The highest BCUT2D eigenvalue weighted by atomic mass is 16.6. The second kappa shape index (κ2) is 7.65. The summed E-state index contributed by atoms with van der Waals surface area (Å²) in [7, 11) is 0. The highest BCUT2D eigenvalue weighted by Gasteiger charge is 2.32. The van der Waals surface area contributed by atoms with E-state index < -0.39 is 6.09 Å². The van der Waals surface area contributed by atoms with E-state index in [0.29, 0.717) is 38.5 Å². The van der Waals surface area contributed by atoms with Gasteiger partial charge in [-0.3, -0.25) is 9.69 Å². The van der Waals surface area contributed by atoms with Crippen LogP contribution in [-0.2, 0) is 4.74 Å². The van der Waals surface area contributed by atoms with E-state index in [1.165, 1.54) is 17.3 Å². The Morgan fingerprint density at radius 3 is 2.34 bits per heavy atom. The van der Waals surface area contributed by atoms with Gasteiger partial charge in [-0.25, -0.2) is 19.7 Å². The summed E-state index contributed by atoms with van der Waals surface area (Å²) in [6.07, 6.45) is 4.45. The van der Waals surface area contributed by atoms with Gasteiger partial charge in [0, 0.05) is 32.4 Å². The summed E-state index contributed by atoms with van der Waals surface area (Å²) < 4.78 is 5.01. The molecule has 0 N–H and O–H groups in total. The minimum atomic E-state index is -0.420. The number of aromatic nitrogens is 3. The molecule has 0 saturated carbocycles. The Morgan fingerprint density at radius 1 is 1.07 bits per heavy atom. The Balaban J connectivity index is 1.40. The van der Waals surface area contributed by atoms with Crippen molar-refractivity contribution in [2.75, 3.05) is 42.6 Å². The minimum absolute atomic E-state index is 0.0837. The normalized spacial score (nSPS) is 19.5. The number of piperazine rings is 1. The van der Waals surface area contributed by atoms with Crippen molar-refractivity contribution in [2.24, 2.45) is 0 Å². The Morgan fingerprint density at radius 2 is 1.76 bits per heavy atom. The standard InChI is InChI=1S/C20H24N6O3/c1-13-8-14(2)18(23-9-13)24-4-6-25(7-5-24)19(27)17-21-10-16(11-22-17)26-15(3)12-29-20(26)28/h8-11,15H,4-7,12H2,1-3H3. The molecule has 9 nitrogen and oxygen atoms in total. The van der Waals surface area contributed by atoms with Gasteiger partial charge in [0.2, 0.25) is 5.82 Å². The van der Waals surface area contributed by atoms with Crippen molar-refractivity contribution in [1.82, 2.24) is 19.9 Å². The van der Waals surface area contributed by atoms with Crippen LogP contribution in [0.5, 0.6) is 0 Å². The number of anilines is 2. The summed E-state index contributed by atoms with van der Waals surface area (Å²) in [6.45, 7) is 8.87. The highest BCUT2D eigenvalue weighted by molar-refractivity contribution is 5.92. The van der Waals surface area contributed by atoms with Gasteiger partial charge in [0.15, 0.2) is 0 Å². The molecule has 4 heterocycles. The van der Waals surface area contributed by atoms with Crippen LogP contribution in [0.15, 0.2) is 24.7 Å². The quantitative estimate of drug-likeness (QED) is 0.781. The second-order valence-electron chi connectivity index (χ2n) is 7.49. The largest absolute Gasteiger partial charge is 0.447 e. The summed E-state index contributed by atoms with van der Waals surface area (Å²) in [5, 5.41) is 0. The number of cyclic esters (lactones) is 1. The molecular formula is C20H24N6O3. The first-order valence-electron chi connectivity index (χ1n) is 9.69. The number of pyridine rings is 1. The summed E-state index contributed by atoms with van der Waals surface area (Å²) in [5.74, 6) is 0.892. The van der Waals surface area contributed by atoms with Crippen LogP contribution < -0.4 is 9.80 Å². The molecule has 1 unspecified atom stereocenters. The van der Waals surface area contributed by atoms with Crippen molar-refractivity contribution in [1.29, 1.82) is 0 Å². The summed E-state index contributed by atoms with van der Waals surface area (Å²) >= 11 is 0. The van der Waals surface area contributed by atoms with E-state index >= 15 is 0 Å². The molecule has 152 valence electrons. The SMILES string of the molecule is Cc1cnc(N2CCN(C(=O)c3ncc(N4C(=O)OCC4C)cn3)CC2)c(C)c1. The van der Waals surface area contributed by atoms with Crippen LogP contribution in [0, 0.1) is 13.8 Å². The van der Waals surface area contributed by atoms with Gasteiger partial charge >= 0.3 is 6.09 Å². The van der Waals surface area contributed by atoms with Crippen LogP contribution in [0.4, 0.5) is 16.3 Å². The minimum Gasteiger partial charge on any atom is -0.447 e. The van der Waals surface area contributed by atoms with E-state index in [4.69, 9.17) is 4.74 Å². The van der Waals surface area contributed by atoms with Crippen molar-refractivity contribution < 1.29 is 14.3 Å². The van der Waals surface area contributed by atoms with Gasteiger partial charge in [-0.15, -0.1) is 0 Å². The summed E-state index contributed by atoms with van der Waals surface area (Å²) in [5.41, 5.74) is 2.80. The van der Waals surface area contributed by atoms with Crippen LogP contribution in [0.1, 0.15) is 28.7 Å². The molecule has 2 aromatic heterocycles. The number of carbonyl (C=O) groups excluding carboxylic acids is 2. The van der Waals surface area contributed by atoms with Crippen LogP contribution in [0.25, 0.3) is 0 Å². The van der Waals surface area contributed by atoms with Crippen LogP contribution in [0.2, 0.25) is 0 Å². The first-order valence-corrected chi connectivity index (χ1v) is 9.69. The molecule has 0 bridgehead atoms. The molecule has 1 atom stereocenters. The van der Waals surface area contributed by atoms with Crippen molar-refractivity contribution in [3.05, 3.63) is 41.6 Å². The first kappa shape index (κ1) is 19.1. The molecule has 2 aliphatic rings. The van der Waals surface area contributed by atoms with Gasteiger partial charge in [0.25, 0.3) is 5.91 Å². The van der Waals surface area contributed by atoms with Gasteiger partial charge in [0.05, 0.1) is 24.1 Å². The lowest BCUT2D eigenvalue weighted by Crippen LogP contribution is -2.49. The first-order chi connectivity index (χ1) is 13.9. The smallest absolute Gasteiger partial charge is 0.414 e. The Kier molecular flexibility index (Phi) is 5.04. The molecule has 0 aliphatic carbocycles. The number of carbonyl (C=O) groups is 2. The van der Waals surface area contributed by atoms with Crippen molar-refractivity contribution in [3.63, 3.8) is 0 Å². The summed E-state index contributed by atoms with van der Waals surface area (Å²) in [4.78, 5) is 42.9. The van der Waals surface area contributed by atoms with Gasteiger partial charge in [-0.1, -0.05) is 6.07 Å². The average molecular weight is 396 g/mol. The number of rotatable bonds is 3. The number of ether oxygens (including phenoxy) is 1. The maximum absolute atomic E-state index is 12.8. The number of aryl methyl sites for hydroxylation is 2. The average Bonchev–Trinajstić information content (AvgIpc) is 3.06. The predicted molar refractivity (Wildman–Crippen MR) is 107 cm³/mol. The van der Waals surface area contributed by atoms with E-state index in [2.05, 4.69) is 32.8 Å². The molecule has 0 aromatic carbocycles. The number of amides is 2. The number of hydrogen-bond acceptors (Lipinski definition) is 7. The zero-order valence-electron chi connectivity index (χ0n) is 16.8. The fourth-order valence-electron chi connectivity index (χ4n) is 3.73.